The summed E-state index contributed by atoms with van der Waals surface area (Å²) < 4.78 is 0. The van der Waals surface area contributed by atoms with E-state index in [2.05, 4.69) is 17.6 Å². The molecule has 2 N–H and O–H groups in total. The van der Waals surface area contributed by atoms with E-state index in [1.165, 1.54) is 4.90 Å². The van der Waals surface area contributed by atoms with Gasteiger partial charge in [-0.05, 0) is 44.0 Å². The van der Waals surface area contributed by atoms with Gasteiger partial charge < -0.3 is 10.6 Å². The summed E-state index contributed by atoms with van der Waals surface area (Å²) in [7, 11) is 0. The minimum atomic E-state index is -0.225. The van der Waals surface area contributed by atoms with Gasteiger partial charge in [0, 0.05) is 17.6 Å². The van der Waals surface area contributed by atoms with Crippen LogP contribution >= 0.6 is 11.8 Å². The number of imide groups is 1. The van der Waals surface area contributed by atoms with E-state index < -0.39 is 0 Å². The van der Waals surface area contributed by atoms with E-state index in [0.717, 1.165) is 36.7 Å². The van der Waals surface area contributed by atoms with Crippen molar-refractivity contribution in [1.29, 1.82) is 0 Å². The quantitative estimate of drug-likeness (QED) is 0.868. The molecule has 128 valence electrons. The number of hydrogen-bond acceptors (Lipinski definition) is 5. The Morgan fingerprint density at radius 2 is 2.25 bits per heavy atom. The lowest BCUT2D eigenvalue weighted by Gasteiger charge is -2.30. The minimum absolute atomic E-state index is 0.119. The number of thioether (sulfide) groups is 1. The molecule has 2 aliphatic heterocycles. The molecule has 24 heavy (non-hydrogen) atoms. The summed E-state index contributed by atoms with van der Waals surface area (Å²) in [4.78, 5) is 37.1. The molecule has 0 aliphatic carbocycles. The van der Waals surface area contributed by atoms with Gasteiger partial charge in [0.1, 0.15) is 0 Å². The third-order valence-electron chi connectivity index (χ3n) is 4.45. The largest absolute Gasteiger partial charge is 0.348 e. The summed E-state index contributed by atoms with van der Waals surface area (Å²) in [5.41, 5.74) is 1.33. The molecular formula is C17H21N3O3S. The molecule has 1 aromatic carbocycles. The molecule has 2 heterocycles. The molecule has 2 aliphatic rings. The molecule has 2 unspecified atom stereocenters. The van der Waals surface area contributed by atoms with Gasteiger partial charge >= 0.3 is 0 Å². The fourth-order valence-electron chi connectivity index (χ4n) is 3.02. The fraction of sp³-hybridized carbons (Fsp3) is 0.471. The van der Waals surface area contributed by atoms with Crippen LogP contribution in [-0.4, -0.2) is 46.3 Å². The van der Waals surface area contributed by atoms with Crippen molar-refractivity contribution >= 4 is 28.8 Å². The lowest BCUT2D eigenvalue weighted by Crippen LogP contribution is -2.51. The summed E-state index contributed by atoms with van der Waals surface area (Å²) in [6.07, 6.45) is 2.01. The van der Waals surface area contributed by atoms with Crippen LogP contribution in [0, 0.1) is 0 Å². The SMILES string of the molecule is CC1NCCCC1NC(=O)c1cccc(CN2C(=O)CSC2=O)c1. The first-order chi connectivity index (χ1) is 11.5. The van der Waals surface area contributed by atoms with Crippen LogP contribution in [0.2, 0.25) is 0 Å². The molecule has 2 fully saturated rings. The topological polar surface area (TPSA) is 78.5 Å². The number of amides is 3. The Labute approximate surface area is 145 Å². The van der Waals surface area contributed by atoms with Crippen LogP contribution in [-0.2, 0) is 11.3 Å². The van der Waals surface area contributed by atoms with E-state index in [9.17, 15) is 14.4 Å². The van der Waals surface area contributed by atoms with Gasteiger partial charge in [-0.15, -0.1) is 0 Å². The van der Waals surface area contributed by atoms with Gasteiger partial charge in [-0.1, -0.05) is 23.9 Å². The molecule has 7 heteroatoms. The van der Waals surface area contributed by atoms with Gasteiger partial charge in [-0.2, -0.15) is 0 Å². The van der Waals surface area contributed by atoms with E-state index in [0.29, 0.717) is 5.56 Å². The minimum Gasteiger partial charge on any atom is -0.348 e. The van der Waals surface area contributed by atoms with Crippen molar-refractivity contribution in [2.75, 3.05) is 12.3 Å². The van der Waals surface area contributed by atoms with E-state index >= 15 is 0 Å². The molecular weight excluding hydrogens is 326 g/mol. The van der Waals surface area contributed by atoms with Crippen LogP contribution in [0.4, 0.5) is 4.79 Å². The molecule has 0 bridgehead atoms. The first kappa shape index (κ1) is 17.0. The monoisotopic (exact) mass is 347 g/mol. The highest BCUT2D eigenvalue weighted by atomic mass is 32.2. The zero-order chi connectivity index (χ0) is 17.1. The van der Waals surface area contributed by atoms with Crippen molar-refractivity contribution in [3.63, 3.8) is 0 Å². The van der Waals surface area contributed by atoms with E-state index in [-0.39, 0.29) is 41.4 Å². The van der Waals surface area contributed by atoms with Gasteiger partial charge in [0.05, 0.1) is 12.3 Å². The highest BCUT2D eigenvalue weighted by molar-refractivity contribution is 8.14. The number of rotatable bonds is 4. The number of hydrogen-bond donors (Lipinski definition) is 2. The van der Waals surface area contributed by atoms with E-state index in [4.69, 9.17) is 0 Å². The Bertz CT molecular complexity index is 648. The Hall–Kier alpha value is -1.86. The summed E-state index contributed by atoms with van der Waals surface area (Å²) >= 11 is 1.02. The maximum absolute atomic E-state index is 12.5. The molecule has 3 rings (SSSR count). The maximum Gasteiger partial charge on any atom is 0.289 e. The van der Waals surface area contributed by atoms with E-state index in [1.54, 1.807) is 18.2 Å². The van der Waals surface area contributed by atoms with Crippen LogP contribution in [0.3, 0.4) is 0 Å². The second-order valence-corrected chi connectivity index (χ2v) is 7.13. The highest BCUT2D eigenvalue weighted by Crippen LogP contribution is 2.21. The van der Waals surface area contributed by atoms with Crippen molar-refractivity contribution in [3.05, 3.63) is 35.4 Å². The van der Waals surface area contributed by atoms with Crippen molar-refractivity contribution in [2.24, 2.45) is 0 Å². The lowest BCUT2D eigenvalue weighted by molar-refractivity contribution is -0.125. The number of benzene rings is 1. The van der Waals surface area contributed by atoms with Crippen LogP contribution in [0.15, 0.2) is 24.3 Å². The number of nitrogens with one attached hydrogen (secondary N) is 2. The summed E-state index contributed by atoms with van der Waals surface area (Å²) in [6.45, 7) is 3.27. The summed E-state index contributed by atoms with van der Waals surface area (Å²) in [5, 5.41) is 6.20. The first-order valence-electron chi connectivity index (χ1n) is 8.15. The van der Waals surface area contributed by atoms with Gasteiger partial charge in [-0.25, -0.2) is 0 Å². The third-order valence-corrected chi connectivity index (χ3v) is 5.31. The molecule has 0 aromatic heterocycles. The maximum atomic E-state index is 12.5. The van der Waals surface area contributed by atoms with Crippen LogP contribution in [0.1, 0.15) is 35.7 Å². The lowest BCUT2D eigenvalue weighted by atomic mass is 9.99. The molecule has 0 saturated carbocycles. The van der Waals surface area contributed by atoms with Crippen molar-refractivity contribution < 1.29 is 14.4 Å². The Morgan fingerprint density at radius 1 is 1.42 bits per heavy atom. The second kappa shape index (κ2) is 7.36. The average molecular weight is 347 g/mol. The van der Waals surface area contributed by atoms with Gasteiger partial charge in [0.15, 0.2) is 0 Å². The molecule has 3 amide bonds. The number of carbonyl (C=O) groups is 3. The fourth-order valence-corrected chi connectivity index (χ4v) is 3.75. The van der Waals surface area contributed by atoms with Gasteiger partial charge in [0.25, 0.3) is 11.1 Å². The highest BCUT2D eigenvalue weighted by Gasteiger charge is 2.30. The van der Waals surface area contributed by atoms with Crippen molar-refractivity contribution in [1.82, 2.24) is 15.5 Å². The second-order valence-electron chi connectivity index (χ2n) is 6.20. The van der Waals surface area contributed by atoms with Crippen LogP contribution in [0.5, 0.6) is 0 Å². The summed E-state index contributed by atoms with van der Waals surface area (Å²) in [6, 6.07) is 7.48. The van der Waals surface area contributed by atoms with Gasteiger partial charge in [-0.3, -0.25) is 19.3 Å². The molecule has 0 radical (unpaired) electrons. The predicted octanol–water partition coefficient (Wildman–Crippen LogP) is 1.75. The number of carbonyl (C=O) groups excluding carboxylic acids is 3. The molecule has 0 spiro atoms. The zero-order valence-corrected chi connectivity index (χ0v) is 14.4. The summed E-state index contributed by atoms with van der Waals surface area (Å²) in [5.74, 6) is -0.0983. The molecule has 2 saturated heterocycles. The Kier molecular flexibility index (Phi) is 5.20. The first-order valence-corrected chi connectivity index (χ1v) is 9.13. The van der Waals surface area contributed by atoms with Crippen molar-refractivity contribution in [2.45, 2.75) is 38.4 Å². The molecule has 2 atom stereocenters. The Morgan fingerprint density at radius 3 is 2.96 bits per heavy atom. The average Bonchev–Trinajstić information content (AvgIpc) is 2.89. The molecule has 6 nitrogen and oxygen atoms in total. The smallest absolute Gasteiger partial charge is 0.289 e. The van der Waals surface area contributed by atoms with Gasteiger partial charge in [0.2, 0.25) is 5.91 Å². The van der Waals surface area contributed by atoms with Crippen LogP contribution < -0.4 is 10.6 Å². The predicted molar refractivity (Wildman–Crippen MR) is 92.8 cm³/mol. The molecule has 1 aromatic rings. The van der Waals surface area contributed by atoms with Crippen LogP contribution in [0.25, 0.3) is 0 Å². The standard InChI is InChI=1S/C17H21N3O3S/c1-11-14(6-3-7-18-11)19-16(22)13-5-2-4-12(8-13)9-20-15(21)10-24-17(20)23/h2,4-5,8,11,14,18H,3,6-7,9-10H2,1H3,(H,19,22). The Balaban J connectivity index is 1.67. The third kappa shape index (κ3) is 3.79. The normalized spacial score (nSPS) is 24.3. The number of nitrogens with zero attached hydrogens (tertiary/aromatic N) is 1. The van der Waals surface area contributed by atoms with E-state index in [1.807, 2.05) is 6.07 Å². The van der Waals surface area contributed by atoms with Crippen molar-refractivity contribution in [3.8, 4) is 0 Å². The number of piperidine rings is 1. The zero-order valence-electron chi connectivity index (χ0n) is 13.6.